The van der Waals surface area contributed by atoms with E-state index in [1.807, 2.05) is 27.7 Å². The van der Waals surface area contributed by atoms with Crippen LogP contribution in [0.15, 0.2) is 0 Å². The highest BCUT2D eigenvalue weighted by atomic mass is 16.5. The Hall–Kier alpha value is -0.450. The molecule has 1 saturated carbocycles. The smallest absolute Gasteiger partial charge is 0.171 e. The van der Waals surface area contributed by atoms with Gasteiger partial charge in [-0.3, -0.25) is 4.79 Å². The molecule has 0 aromatic heterocycles. The first-order valence-electron chi connectivity index (χ1n) is 8.11. The summed E-state index contributed by atoms with van der Waals surface area (Å²) in [5.74, 6) is 0.198. The van der Waals surface area contributed by atoms with E-state index in [-0.39, 0.29) is 17.3 Å². The van der Waals surface area contributed by atoms with Crippen molar-refractivity contribution in [2.45, 2.75) is 63.7 Å². The minimum absolute atomic E-state index is 0.0446. The van der Waals surface area contributed by atoms with Crippen molar-refractivity contribution >= 4 is 5.78 Å². The number of nitrogens with zero attached hydrogens (tertiary/aromatic N) is 2. The molecule has 122 valence electrons. The van der Waals surface area contributed by atoms with Gasteiger partial charge in [0.1, 0.15) is 5.60 Å². The van der Waals surface area contributed by atoms with Crippen LogP contribution >= 0.6 is 0 Å². The highest BCUT2D eigenvalue weighted by Gasteiger charge is 2.53. The number of carbonyl (C=O) groups excluding carboxylic acids is 1. The third-order valence-electron chi connectivity index (χ3n) is 5.56. The number of hydrogen-bond acceptors (Lipinski definition) is 4. The molecule has 4 nitrogen and oxygen atoms in total. The van der Waals surface area contributed by atoms with Crippen molar-refractivity contribution in [3.05, 3.63) is 0 Å². The van der Waals surface area contributed by atoms with Crippen LogP contribution in [0.4, 0.5) is 0 Å². The summed E-state index contributed by atoms with van der Waals surface area (Å²) in [6.07, 6.45) is 3.83. The Labute approximate surface area is 129 Å². The van der Waals surface area contributed by atoms with Crippen LogP contribution in [0, 0.1) is 5.92 Å². The largest absolute Gasteiger partial charge is 0.361 e. The second-order valence-electron chi connectivity index (χ2n) is 8.30. The van der Waals surface area contributed by atoms with Gasteiger partial charge >= 0.3 is 0 Å². The minimum Gasteiger partial charge on any atom is -0.361 e. The summed E-state index contributed by atoms with van der Waals surface area (Å²) in [5.41, 5.74) is -0.721. The Balaban J connectivity index is 2.02. The number of ether oxygens (including phenoxy) is 1. The molecule has 1 aliphatic carbocycles. The lowest BCUT2D eigenvalue weighted by molar-refractivity contribution is -0.132. The Morgan fingerprint density at radius 2 is 1.71 bits per heavy atom. The normalized spacial score (nSPS) is 30.0. The number of ketones is 1. The molecule has 2 aliphatic rings. The van der Waals surface area contributed by atoms with Crippen LogP contribution in [0.25, 0.3) is 0 Å². The molecule has 1 heterocycles. The zero-order chi connectivity index (χ0) is 16.1. The van der Waals surface area contributed by atoms with Gasteiger partial charge in [0.2, 0.25) is 0 Å². The third-order valence-corrected chi connectivity index (χ3v) is 5.56. The van der Waals surface area contributed by atoms with E-state index in [0.29, 0.717) is 5.54 Å². The lowest BCUT2D eigenvalue weighted by Gasteiger charge is -2.49. The molecule has 2 rings (SSSR count). The van der Waals surface area contributed by atoms with E-state index in [0.717, 1.165) is 13.1 Å². The number of likely N-dealkylation sites (N-methyl/N-ethyl adjacent to an activating group) is 2. The van der Waals surface area contributed by atoms with Gasteiger partial charge in [0.25, 0.3) is 0 Å². The predicted octanol–water partition coefficient (Wildman–Crippen LogP) is 2.18. The van der Waals surface area contributed by atoms with Gasteiger partial charge in [0.05, 0.1) is 11.5 Å². The van der Waals surface area contributed by atoms with Crippen molar-refractivity contribution in [3.8, 4) is 0 Å². The summed E-state index contributed by atoms with van der Waals surface area (Å²) in [6.45, 7) is 9.69. The highest BCUT2D eigenvalue weighted by molar-refractivity contribution is 5.91. The molecule has 21 heavy (non-hydrogen) atoms. The summed E-state index contributed by atoms with van der Waals surface area (Å²) in [4.78, 5) is 17.3. The number of Topliss-reactive ketones (excluding diaryl/α,β-unsaturated/α-hetero) is 1. The van der Waals surface area contributed by atoms with E-state index in [1.165, 1.54) is 19.3 Å². The Kier molecular flexibility index (Phi) is 4.29. The Morgan fingerprint density at radius 3 is 2.05 bits per heavy atom. The Bertz CT molecular complexity index is 411. The molecule has 0 N–H and O–H groups in total. The van der Waals surface area contributed by atoms with Crippen molar-refractivity contribution < 1.29 is 9.53 Å². The van der Waals surface area contributed by atoms with E-state index in [4.69, 9.17) is 4.74 Å². The van der Waals surface area contributed by atoms with Crippen molar-refractivity contribution in [3.63, 3.8) is 0 Å². The summed E-state index contributed by atoms with van der Waals surface area (Å²) < 4.78 is 5.99. The third kappa shape index (κ3) is 3.03. The van der Waals surface area contributed by atoms with Gasteiger partial charge in [0, 0.05) is 18.6 Å². The summed E-state index contributed by atoms with van der Waals surface area (Å²) in [5, 5.41) is 0. The quantitative estimate of drug-likeness (QED) is 0.778. The van der Waals surface area contributed by atoms with Crippen molar-refractivity contribution in [1.29, 1.82) is 0 Å². The average molecular weight is 296 g/mol. The second-order valence-corrected chi connectivity index (χ2v) is 8.30. The van der Waals surface area contributed by atoms with Crippen molar-refractivity contribution in [2.24, 2.45) is 5.92 Å². The molecule has 1 saturated heterocycles. The molecule has 0 aromatic rings. The number of carbonyl (C=O) groups is 1. The SMILES string of the molecule is CN(CC1C(=O)C(C)(C)OC1(C)C)CC1(N(C)C)CCC1. The van der Waals surface area contributed by atoms with Crippen LogP contribution in [0.5, 0.6) is 0 Å². The van der Waals surface area contributed by atoms with Crippen LogP contribution in [-0.4, -0.2) is 66.6 Å². The van der Waals surface area contributed by atoms with Gasteiger partial charge in [-0.25, -0.2) is 0 Å². The monoisotopic (exact) mass is 296 g/mol. The number of hydrogen-bond donors (Lipinski definition) is 0. The molecule has 0 aromatic carbocycles. The predicted molar refractivity (Wildman–Crippen MR) is 85.5 cm³/mol. The minimum atomic E-state index is -0.648. The van der Waals surface area contributed by atoms with Gasteiger partial charge in [-0.2, -0.15) is 0 Å². The van der Waals surface area contributed by atoms with E-state index in [1.54, 1.807) is 0 Å². The molecule has 4 heteroatoms. The van der Waals surface area contributed by atoms with Crippen LogP contribution in [0.3, 0.4) is 0 Å². The van der Waals surface area contributed by atoms with Crippen LogP contribution in [-0.2, 0) is 9.53 Å². The van der Waals surface area contributed by atoms with Crippen LogP contribution in [0.2, 0.25) is 0 Å². The van der Waals surface area contributed by atoms with E-state index < -0.39 is 5.60 Å². The first kappa shape index (κ1) is 16.9. The molecule has 0 radical (unpaired) electrons. The van der Waals surface area contributed by atoms with Gasteiger partial charge in [0.15, 0.2) is 5.78 Å². The molecule has 1 unspecified atom stereocenters. The van der Waals surface area contributed by atoms with Crippen molar-refractivity contribution in [2.75, 3.05) is 34.2 Å². The fraction of sp³-hybridized carbons (Fsp3) is 0.941. The number of rotatable bonds is 5. The molecule has 1 atom stereocenters. The summed E-state index contributed by atoms with van der Waals surface area (Å²) in [6, 6.07) is 0. The maximum atomic E-state index is 12.6. The lowest BCUT2D eigenvalue weighted by atomic mass is 9.75. The van der Waals surface area contributed by atoms with E-state index in [2.05, 4.69) is 30.9 Å². The first-order chi connectivity index (χ1) is 9.50. The molecule has 0 amide bonds. The lowest BCUT2D eigenvalue weighted by Crippen LogP contribution is -2.57. The second kappa shape index (κ2) is 5.32. The fourth-order valence-corrected chi connectivity index (χ4v) is 4.03. The van der Waals surface area contributed by atoms with Gasteiger partial charge in [-0.05, 0) is 68.1 Å². The summed E-state index contributed by atoms with van der Waals surface area (Å²) in [7, 11) is 6.48. The van der Waals surface area contributed by atoms with Gasteiger partial charge in [-0.1, -0.05) is 0 Å². The zero-order valence-electron chi connectivity index (χ0n) is 14.8. The summed E-state index contributed by atoms with van der Waals surface area (Å²) >= 11 is 0. The topological polar surface area (TPSA) is 32.8 Å². The van der Waals surface area contributed by atoms with E-state index >= 15 is 0 Å². The van der Waals surface area contributed by atoms with Crippen LogP contribution in [0.1, 0.15) is 47.0 Å². The zero-order valence-corrected chi connectivity index (χ0v) is 14.8. The molecule has 0 bridgehead atoms. The first-order valence-corrected chi connectivity index (χ1v) is 8.11. The maximum Gasteiger partial charge on any atom is 0.171 e. The van der Waals surface area contributed by atoms with Gasteiger partial charge in [-0.15, -0.1) is 0 Å². The molecule has 0 spiro atoms. The van der Waals surface area contributed by atoms with Crippen LogP contribution < -0.4 is 0 Å². The van der Waals surface area contributed by atoms with Crippen molar-refractivity contribution in [1.82, 2.24) is 9.80 Å². The molecule has 1 aliphatic heterocycles. The molecular formula is C17H32N2O2. The van der Waals surface area contributed by atoms with E-state index in [9.17, 15) is 4.79 Å². The fourth-order valence-electron chi connectivity index (χ4n) is 4.03. The molecule has 2 fully saturated rings. The maximum absolute atomic E-state index is 12.6. The average Bonchev–Trinajstić information content (AvgIpc) is 2.41. The standard InChI is InChI=1S/C17H32N2O2/c1-15(2)13(14(20)16(3,4)21-15)11-19(7)12-17(18(5)6)9-8-10-17/h13H,8-12H2,1-7H3. The Morgan fingerprint density at radius 1 is 1.14 bits per heavy atom. The highest BCUT2D eigenvalue weighted by Crippen LogP contribution is 2.41. The van der Waals surface area contributed by atoms with Gasteiger partial charge < -0.3 is 14.5 Å². The molecular weight excluding hydrogens is 264 g/mol.